The minimum atomic E-state index is -2.66. The lowest BCUT2D eigenvalue weighted by Crippen LogP contribution is -2.42. The van der Waals surface area contributed by atoms with Crippen molar-refractivity contribution < 1.29 is 8.78 Å². The number of hydrogen-bond acceptors (Lipinski definition) is 4. The summed E-state index contributed by atoms with van der Waals surface area (Å²) in [6, 6.07) is 3.31. The molecule has 8 heteroatoms. The first-order chi connectivity index (χ1) is 13.4. The van der Waals surface area contributed by atoms with Crippen molar-refractivity contribution in [2.24, 2.45) is 12.8 Å². The molecule has 0 bridgehead atoms. The average Bonchev–Trinajstić information content (AvgIpc) is 2.62. The van der Waals surface area contributed by atoms with Gasteiger partial charge in [0, 0.05) is 44.6 Å². The van der Waals surface area contributed by atoms with Gasteiger partial charge in [-0.05, 0) is 24.6 Å². The third kappa shape index (κ3) is 4.68. The molecule has 1 atom stereocenters. The maximum absolute atomic E-state index is 13.6. The molecule has 1 unspecified atom stereocenters. The highest BCUT2D eigenvalue weighted by molar-refractivity contribution is 6.83. The summed E-state index contributed by atoms with van der Waals surface area (Å²) in [5.41, 5.74) is 11.3. The molecule has 1 aromatic carbocycles. The number of rotatable bonds is 2. The van der Waals surface area contributed by atoms with Crippen molar-refractivity contribution in [1.29, 1.82) is 0 Å². The summed E-state index contributed by atoms with van der Waals surface area (Å²) < 4.78 is 28.5. The Balaban J connectivity index is 2.17. The molecule has 156 valence electrons. The molecule has 0 amide bonds. The Morgan fingerprint density at radius 1 is 1.24 bits per heavy atom. The maximum atomic E-state index is 13.6. The van der Waals surface area contributed by atoms with Gasteiger partial charge in [-0.2, -0.15) is 0 Å². The fourth-order valence-electron chi connectivity index (χ4n) is 3.39. The number of anilines is 1. The third-order valence-corrected chi connectivity index (χ3v) is 5.91. The van der Waals surface area contributed by atoms with Crippen molar-refractivity contribution in [3.63, 3.8) is 0 Å². The minimum Gasteiger partial charge on any atom is -0.342 e. The van der Waals surface area contributed by atoms with Crippen LogP contribution in [0.3, 0.4) is 0 Å². The monoisotopic (exact) mass is 418 g/mol. The second-order valence-corrected chi connectivity index (χ2v) is 13.6. The SMILES string of the molecule is CC(N)c1cc(C#C[Si](C)(C)C)cc2c(=O)n(C)c(N3CCC(F)(F)CC3)nc12. The summed E-state index contributed by atoms with van der Waals surface area (Å²) in [4.78, 5) is 19.6. The highest BCUT2D eigenvalue weighted by Gasteiger charge is 2.35. The van der Waals surface area contributed by atoms with Crippen LogP contribution >= 0.6 is 0 Å². The zero-order valence-electron chi connectivity index (χ0n) is 17.6. The van der Waals surface area contributed by atoms with Crippen molar-refractivity contribution in [2.75, 3.05) is 18.0 Å². The first kappa shape index (κ1) is 21.5. The molecule has 3 rings (SSSR count). The van der Waals surface area contributed by atoms with Gasteiger partial charge in [-0.25, -0.2) is 13.8 Å². The Bertz CT molecular complexity index is 1050. The predicted octanol–water partition coefficient (Wildman–Crippen LogP) is 3.42. The zero-order chi connectivity index (χ0) is 21.6. The van der Waals surface area contributed by atoms with Crippen LogP contribution in [0.5, 0.6) is 0 Å². The fourth-order valence-corrected chi connectivity index (χ4v) is 3.91. The normalized spacial score (nSPS) is 17.7. The molecule has 29 heavy (non-hydrogen) atoms. The number of nitrogens with two attached hydrogens (primary N) is 1. The first-order valence-corrected chi connectivity index (χ1v) is 13.3. The van der Waals surface area contributed by atoms with E-state index in [4.69, 9.17) is 10.7 Å². The van der Waals surface area contributed by atoms with Gasteiger partial charge in [0.25, 0.3) is 11.5 Å². The van der Waals surface area contributed by atoms with E-state index in [9.17, 15) is 13.6 Å². The first-order valence-electron chi connectivity index (χ1n) is 9.84. The predicted molar refractivity (Wildman–Crippen MR) is 116 cm³/mol. The Kier molecular flexibility index (Phi) is 5.58. The molecule has 1 fully saturated rings. The van der Waals surface area contributed by atoms with Gasteiger partial charge in [0.15, 0.2) is 0 Å². The van der Waals surface area contributed by atoms with Crippen LogP contribution in [-0.2, 0) is 7.05 Å². The summed E-state index contributed by atoms with van der Waals surface area (Å²) >= 11 is 0. The van der Waals surface area contributed by atoms with E-state index in [0.717, 1.165) is 11.1 Å². The molecule has 1 aliphatic heterocycles. The van der Waals surface area contributed by atoms with Gasteiger partial charge >= 0.3 is 0 Å². The Hall–Kier alpha value is -2.24. The van der Waals surface area contributed by atoms with Crippen LogP contribution in [-0.4, -0.2) is 36.6 Å². The van der Waals surface area contributed by atoms with Crippen LogP contribution < -0.4 is 16.2 Å². The van der Waals surface area contributed by atoms with Gasteiger partial charge in [0.2, 0.25) is 5.95 Å². The number of alkyl halides is 2. The Morgan fingerprint density at radius 2 is 1.86 bits per heavy atom. The van der Waals surface area contributed by atoms with E-state index in [2.05, 4.69) is 31.1 Å². The van der Waals surface area contributed by atoms with Crippen LogP contribution in [0.1, 0.15) is 36.9 Å². The lowest BCUT2D eigenvalue weighted by molar-refractivity contribution is -0.0223. The van der Waals surface area contributed by atoms with Gasteiger partial charge in [-0.15, -0.1) is 5.54 Å². The highest BCUT2D eigenvalue weighted by Crippen LogP contribution is 2.30. The second-order valence-electron chi connectivity index (χ2n) is 8.87. The van der Waals surface area contributed by atoms with Crippen LogP contribution in [0.2, 0.25) is 19.6 Å². The zero-order valence-corrected chi connectivity index (χ0v) is 18.6. The van der Waals surface area contributed by atoms with Crippen LogP contribution in [0, 0.1) is 11.5 Å². The average molecular weight is 419 g/mol. The van der Waals surface area contributed by atoms with E-state index in [0.29, 0.717) is 16.9 Å². The van der Waals surface area contributed by atoms with E-state index >= 15 is 0 Å². The summed E-state index contributed by atoms with van der Waals surface area (Å²) in [7, 11) is 0.0486. The van der Waals surface area contributed by atoms with Crippen LogP contribution in [0.4, 0.5) is 14.7 Å². The number of aromatic nitrogens is 2. The molecule has 1 aromatic heterocycles. The number of fused-ring (bicyclic) bond motifs is 1. The summed E-state index contributed by atoms with van der Waals surface area (Å²) in [6.07, 6.45) is -0.488. The molecule has 0 aliphatic carbocycles. The van der Waals surface area contributed by atoms with Gasteiger partial charge in [0.05, 0.1) is 10.9 Å². The molecule has 0 radical (unpaired) electrons. The van der Waals surface area contributed by atoms with E-state index in [1.54, 1.807) is 18.0 Å². The fraction of sp³-hybridized carbons (Fsp3) is 0.524. The molecule has 0 saturated carbocycles. The molecule has 2 N–H and O–H groups in total. The number of piperidine rings is 1. The summed E-state index contributed by atoms with van der Waals surface area (Å²) in [6.45, 7) is 8.62. The van der Waals surface area contributed by atoms with Crippen molar-refractivity contribution >= 4 is 24.9 Å². The molecule has 0 spiro atoms. The summed E-state index contributed by atoms with van der Waals surface area (Å²) in [5.74, 6) is 0.936. The molecule has 5 nitrogen and oxygen atoms in total. The number of nitrogens with zero attached hydrogens (tertiary/aromatic N) is 3. The topological polar surface area (TPSA) is 64.2 Å². The van der Waals surface area contributed by atoms with Gasteiger partial charge in [-0.1, -0.05) is 25.6 Å². The second kappa shape index (κ2) is 7.54. The highest BCUT2D eigenvalue weighted by atomic mass is 28.3. The largest absolute Gasteiger partial charge is 0.342 e. The van der Waals surface area contributed by atoms with Crippen molar-refractivity contribution in [3.05, 3.63) is 33.6 Å². The Labute approximate surface area is 170 Å². The number of halogens is 2. The lowest BCUT2D eigenvalue weighted by Gasteiger charge is -2.33. The molecular formula is C21H28F2N4OSi. The molecule has 2 aromatic rings. The van der Waals surface area contributed by atoms with Crippen molar-refractivity contribution in [1.82, 2.24) is 9.55 Å². The molecule has 1 saturated heterocycles. The number of hydrogen-bond donors (Lipinski definition) is 1. The molecule has 1 aliphatic rings. The standard InChI is InChI=1S/C21H28F2N4OSi/c1-14(24)16-12-15(6-11-29(3,4)5)13-17-18(16)25-20(26(2)19(17)28)27-9-7-21(22,23)8-10-27/h12-14H,7-10,24H2,1-5H3. The van der Waals surface area contributed by atoms with E-state index in [1.807, 2.05) is 13.0 Å². The van der Waals surface area contributed by atoms with Gasteiger partial charge in [-0.3, -0.25) is 9.36 Å². The maximum Gasteiger partial charge on any atom is 0.262 e. The van der Waals surface area contributed by atoms with E-state index in [1.165, 1.54) is 4.57 Å². The smallest absolute Gasteiger partial charge is 0.262 e. The quantitative estimate of drug-likeness (QED) is 0.600. The molecule has 2 heterocycles. The molecular weight excluding hydrogens is 390 g/mol. The van der Waals surface area contributed by atoms with Crippen molar-refractivity contribution in [3.8, 4) is 11.5 Å². The van der Waals surface area contributed by atoms with Crippen LogP contribution in [0.25, 0.3) is 10.9 Å². The van der Waals surface area contributed by atoms with E-state index < -0.39 is 14.0 Å². The summed E-state index contributed by atoms with van der Waals surface area (Å²) in [5, 5.41) is 0.452. The van der Waals surface area contributed by atoms with Gasteiger partial charge < -0.3 is 10.6 Å². The Morgan fingerprint density at radius 3 is 2.41 bits per heavy atom. The van der Waals surface area contributed by atoms with Gasteiger partial charge in [0.1, 0.15) is 8.07 Å². The third-order valence-electron chi connectivity index (χ3n) is 5.04. The van der Waals surface area contributed by atoms with Crippen LogP contribution in [0.15, 0.2) is 16.9 Å². The van der Waals surface area contributed by atoms with E-state index in [-0.39, 0.29) is 37.5 Å². The number of benzene rings is 1. The van der Waals surface area contributed by atoms with Crippen molar-refractivity contribution in [2.45, 2.75) is 51.4 Å². The lowest BCUT2D eigenvalue weighted by atomic mass is 10.0. The minimum absolute atomic E-state index is 0.159.